The van der Waals surface area contributed by atoms with Gasteiger partial charge < -0.3 is 5.11 Å². The highest BCUT2D eigenvalue weighted by Crippen LogP contribution is 2.25. The Kier molecular flexibility index (Phi) is 7.32. The lowest BCUT2D eigenvalue weighted by molar-refractivity contribution is 0.0708. The second kappa shape index (κ2) is 10.1. The maximum absolute atomic E-state index is 12.5. The number of carbonyl (C=O) groups is 1. The number of nitrogens with one attached hydrogen (secondary N) is 1. The van der Waals surface area contributed by atoms with Gasteiger partial charge in [0, 0.05) is 47.9 Å². The van der Waals surface area contributed by atoms with Crippen LogP contribution in [0.15, 0.2) is 71.9 Å². The molecule has 3 N–H and O–H groups in total. The predicted octanol–water partition coefficient (Wildman–Crippen LogP) is 2.91. The minimum atomic E-state index is -0.647. The molecule has 8 nitrogen and oxygen atoms in total. The molecule has 9 heteroatoms. The van der Waals surface area contributed by atoms with Crippen LogP contribution in [0.3, 0.4) is 0 Å². The molecule has 0 spiro atoms. The highest BCUT2D eigenvalue weighted by Gasteiger charge is 2.14. The van der Waals surface area contributed by atoms with E-state index in [1.807, 2.05) is 18.2 Å². The molecule has 0 bridgehead atoms. The van der Waals surface area contributed by atoms with E-state index < -0.39 is 5.91 Å². The Labute approximate surface area is 189 Å². The Bertz CT molecular complexity index is 1310. The largest absolute Gasteiger partial charge is 0.396 e. The van der Waals surface area contributed by atoms with Crippen molar-refractivity contribution >= 4 is 29.2 Å². The van der Waals surface area contributed by atoms with E-state index in [0.717, 1.165) is 11.1 Å². The van der Waals surface area contributed by atoms with Crippen molar-refractivity contribution in [2.45, 2.75) is 12.8 Å². The molecule has 0 radical (unpaired) electrons. The summed E-state index contributed by atoms with van der Waals surface area (Å²) in [5.74, 6) is -0.647. The Morgan fingerprint density at radius 1 is 1.09 bits per heavy atom. The molecule has 0 fully saturated rings. The quantitative estimate of drug-likeness (QED) is 0.306. The standard InChI is InChI=1S/C23H20N4O4.ClH/c28-11-1-2-15-8-10-27(22(29)12-15)17-5-3-16(4-6-17)21-13-18(23(30)26-31)19-14-24-9-7-20(19)25-21;/h3-10,12-14,28,31H,1-2,11H2,(H,26,30);1H. The van der Waals surface area contributed by atoms with Gasteiger partial charge in [0.2, 0.25) is 0 Å². The van der Waals surface area contributed by atoms with Gasteiger partial charge in [-0.3, -0.25) is 24.3 Å². The summed E-state index contributed by atoms with van der Waals surface area (Å²) in [7, 11) is 0. The topological polar surface area (TPSA) is 117 Å². The average Bonchev–Trinajstić information content (AvgIpc) is 2.81. The molecule has 0 aliphatic rings. The van der Waals surface area contributed by atoms with E-state index >= 15 is 0 Å². The van der Waals surface area contributed by atoms with Gasteiger partial charge in [-0.1, -0.05) is 12.1 Å². The number of carbonyl (C=O) groups excluding carboxylic acids is 1. The van der Waals surface area contributed by atoms with Gasteiger partial charge >= 0.3 is 0 Å². The zero-order valence-corrected chi connectivity index (χ0v) is 17.7. The van der Waals surface area contributed by atoms with Gasteiger partial charge in [-0.15, -0.1) is 12.4 Å². The number of aliphatic hydroxyl groups is 1. The van der Waals surface area contributed by atoms with Crippen molar-refractivity contribution in [3.05, 3.63) is 88.6 Å². The molecule has 1 aromatic carbocycles. The first-order valence-electron chi connectivity index (χ1n) is 9.73. The van der Waals surface area contributed by atoms with Gasteiger partial charge in [-0.25, -0.2) is 10.5 Å². The molecule has 3 heterocycles. The second-order valence-corrected chi connectivity index (χ2v) is 7.01. The third-order valence-electron chi connectivity index (χ3n) is 5.01. The predicted molar refractivity (Wildman–Crippen MR) is 122 cm³/mol. The first-order valence-corrected chi connectivity index (χ1v) is 9.73. The van der Waals surface area contributed by atoms with E-state index in [1.165, 1.54) is 10.8 Å². The summed E-state index contributed by atoms with van der Waals surface area (Å²) in [5, 5.41) is 18.6. The summed E-state index contributed by atoms with van der Waals surface area (Å²) in [6.07, 6.45) is 6.09. The molecule has 1 amide bonds. The molecule has 0 saturated heterocycles. The SMILES string of the molecule is Cl.O=C(NO)c1cc(-c2ccc(-n3ccc(CCCO)cc3=O)cc2)nc2ccncc12. The zero-order valence-electron chi connectivity index (χ0n) is 16.9. The minimum absolute atomic E-state index is 0. The zero-order chi connectivity index (χ0) is 21.8. The summed E-state index contributed by atoms with van der Waals surface area (Å²) in [4.78, 5) is 33.2. The summed E-state index contributed by atoms with van der Waals surface area (Å²) < 4.78 is 1.54. The third kappa shape index (κ3) is 4.67. The van der Waals surface area contributed by atoms with Crippen LogP contribution in [-0.2, 0) is 6.42 Å². The Morgan fingerprint density at radius 3 is 2.56 bits per heavy atom. The van der Waals surface area contributed by atoms with E-state index in [1.54, 1.807) is 48.2 Å². The molecule has 0 aliphatic carbocycles. The number of aliphatic hydroxyl groups excluding tert-OH is 1. The van der Waals surface area contributed by atoms with Gasteiger partial charge in [-0.05, 0) is 48.7 Å². The molecule has 164 valence electrons. The Morgan fingerprint density at radius 2 is 1.88 bits per heavy atom. The number of rotatable bonds is 6. The molecule has 0 unspecified atom stereocenters. The number of hydrogen-bond donors (Lipinski definition) is 3. The van der Waals surface area contributed by atoms with Crippen LogP contribution in [0.4, 0.5) is 0 Å². The highest BCUT2D eigenvalue weighted by atomic mass is 35.5. The van der Waals surface area contributed by atoms with Crippen molar-refractivity contribution in [3.63, 3.8) is 0 Å². The van der Waals surface area contributed by atoms with Crippen molar-refractivity contribution in [1.29, 1.82) is 0 Å². The minimum Gasteiger partial charge on any atom is -0.396 e. The van der Waals surface area contributed by atoms with Crippen LogP contribution in [0.25, 0.3) is 27.8 Å². The van der Waals surface area contributed by atoms with Gasteiger partial charge in [0.05, 0.1) is 16.8 Å². The smallest absolute Gasteiger partial charge is 0.275 e. The number of fused-ring (bicyclic) bond motifs is 1. The van der Waals surface area contributed by atoms with E-state index in [-0.39, 0.29) is 30.1 Å². The van der Waals surface area contributed by atoms with Crippen LogP contribution >= 0.6 is 12.4 Å². The van der Waals surface area contributed by atoms with Crippen molar-refractivity contribution in [2.24, 2.45) is 0 Å². The van der Waals surface area contributed by atoms with E-state index in [2.05, 4.69) is 9.97 Å². The molecule has 3 aromatic heterocycles. The van der Waals surface area contributed by atoms with Crippen LogP contribution in [-0.4, -0.2) is 37.4 Å². The number of halogens is 1. The van der Waals surface area contributed by atoms with Crippen molar-refractivity contribution in [2.75, 3.05) is 6.61 Å². The number of hydroxylamine groups is 1. The normalized spacial score (nSPS) is 10.6. The molecule has 0 saturated carbocycles. The first kappa shape index (κ1) is 23.1. The van der Waals surface area contributed by atoms with Crippen LogP contribution < -0.4 is 11.0 Å². The molecule has 4 aromatic rings. The summed E-state index contributed by atoms with van der Waals surface area (Å²) in [5.41, 5.74) is 5.22. The Hall–Kier alpha value is -3.59. The molecule has 0 aliphatic heterocycles. The monoisotopic (exact) mass is 452 g/mol. The van der Waals surface area contributed by atoms with Gasteiger partial charge in [0.15, 0.2) is 0 Å². The lowest BCUT2D eigenvalue weighted by Gasteiger charge is -2.10. The summed E-state index contributed by atoms with van der Waals surface area (Å²) >= 11 is 0. The fourth-order valence-corrected chi connectivity index (χ4v) is 3.43. The van der Waals surface area contributed by atoms with Crippen LogP contribution in [0.2, 0.25) is 0 Å². The van der Waals surface area contributed by atoms with Gasteiger partial charge in [0.25, 0.3) is 11.5 Å². The Balaban J connectivity index is 0.00000289. The number of aromatic nitrogens is 3. The van der Waals surface area contributed by atoms with Crippen molar-refractivity contribution < 1.29 is 15.1 Å². The average molecular weight is 453 g/mol. The number of pyridine rings is 3. The number of hydrogen-bond acceptors (Lipinski definition) is 6. The molecule has 32 heavy (non-hydrogen) atoms. The van der Waals surface area contributed by atoms with E-state index in [9.17, 15) is 9.59 Å². The molecular weight excluding hydrogens is 432 g/mol. The fourth-order valence-electron chi connectivity index (χ4n) is 3.43. The third-order valence-corrected chi connectivity index (χ3v) is 5.01. The molecular formula is C23H21ClN4O4. The van der Waals surface area contributed by atoms with Crippen LogP contribution in [0.5, 0.6) is 0 Å². The fraction of sp³-hybridized carbons (Fsp3) is 0.130. The van der Waals surface area contributed by atoms with Crippen LogP contribution in [0, 0.1) is 0 Å². The number of amides is 1. The number of benzene rings is 1. The van der Waals surface area contributed by atoms with Gasteiger partial charge in [-0.2, -0.15) is 0 Å². The number of nitrogens with zero attached hydrogens (tertiary/aromatic N) is 3. The van der Waals surface area contributed by atoms with Crippen molar-refractivity contribution in [1.82, 2.24) is 20.0 Å². The lowest BCUT2D eigenvalue weighted by Crippen LogP contribution is -2.19. The maximum Gasteiger partial charge on any atom is 0.275 e. The summed E-state index contributed by atoms with van der Waals surface area (Å²) in [6, 6.07) is 14.0. The van der Waals surface area contributed by atoms with E-state index in [0.29, 0.717) is 35.1 Å². The molecule has 0 atom stereocenters. The molecule has 4 rings (SSSR count). The second-order valence-electron chi connectivity index (χ2n) is 7.01. The van der Waals surface area contributed by atoms with E-state index in [4.69, 9.17) is 10.3 Å². The summed E-state index contributed by atoms with van der Waals surface area (Å²) in [6.45, 7) is 0.0888. The number of aryl methyl sites for hydroxylation is 1. The van der Waals surface area contributed by atoms with Crippen molar-refractivity contribution in [3.8, 4) is 16.9 Å². The van der Waals surface area contributed by atoms with Crippen LogP contribution in [0.1, 0.15) is 22.3 Å². The highest BCUT2D eigenvalue weighted by molar-refractivity contribution is 6.06. The first-order chi connectivity index (χ1) is 15.1. The maximum atomic E-state index is 12.5. The van der Waals surface area contributed by atoms with Gasteiger partial charge in [0.1, 0.15) is 0 Å². The lowest BCUT2D eigenvalue weighted by atomic mass is 10.0.